The predicted octanol–water partition coefficient (Wildman–Crippen LogP) is 3.61. The second-order valence-corrected chi connectivity index (χ2v) is 12.3. The third kappa shape index (κ3) is 5.22. The Morgan fingerprint density at radius 1 is 1.29 bits per heavy atom. The third-order valence-corrected chi connectivity index (χ3v) is 9.74. The van der Waals surface area contributed by atoms with E-state index in [1.807, 2.05) is 4.90 Å². The number of thiazole rings is 1. The number of halogens is 3. The maximum absolute atomic E-state index is 15.6. The number of hydrogen-bond donors (Lipinski definition) is 2. The lowest BCUT2D eigenvalue weighted by molar-refractivity contribution is -0.142. The zero-order chi connectivity index (χ0) is 29.8. The van der Waals surface area contributed by atoms with Gasteiger partial charge in [-0.1, -0.05) is 12.1 Å². The van der Waals surface area contributed by atoms with E-state index in [0.717, 1.165) is 6.42 Å². The van der Waals surface area contributed by atoms with Crippen molar-refractivity contribution < 1.29 is 32.6 Å². The van der Waals surface area contributed by atoms with E-state index < -0.39 is 42.4 Å². The summed E-state index contributed by atoms with van der Waals surface area (Å²) in [6, 6.07) is 1.92. The van der Waals surface area contributed by atoms with Crippen LogP contribution in [0.1, 0.15) is 41.4 Å². The molecule has 1 aromatic carbocycles. The van der Waals surface area contributed by atoms with Gasteiger partial charge in [0.25, 0.3) is 5.92 Å². The maximum Gasteiger partial charge on any atom is 0.335 e. The number of ether oxygens (including phenoxy) is 1. The molecule has 2 saturated heterocycles. The molecule has 0 spiro atoms. The average molecular weight is 604 g/mol. The third-order valence-electron chi connectivity index (χ3n) is 8.96. The molecule has 1 aliphatic carbocycles. The van der Waals surface area contributed by atoms with Crippen molar-refractivity contribution in [3.05, 3.63) is 63.0 Å². The molecule has 1 saturated carbocycles. The van der Waals surface area contributed by atoms with Crippen LogP contribution in [0.4, 0.5) is 13.2 Å². The molecule has 2 aromatic rings. The van der Waals surface area contributed by atoms with Gasteiger partial charge in [-0.3, -0.25) is 19.6 Å². The second kappa shape index (κ2) is 11.1. The minimum absolute atomic E-state index is 0.0610. The molecule has 3 aliphatic heterocycles. The molecule has 4 heterocycles. The van der Waals surface area contributed by atoms with Crippen LogP contribution in [-0.4, -0.2) is 89.0 Å². The Morgan fingerprint density at radius 2 is 2.10 bits per heavy atom. The van der Waals surface area contributed by atoms with E-state index in [1.165, 1.54) is 30.6 Å². The SMILES string of the molecule is COC(=O)[C@@H]1C[C@H]1CCN1CC[C@H]2[C@@H]1C(F)(F)CN2CC1=C(C(=O)O)[C@H](c2cccc(F)c2C)N=C(c2nccs2)N1. The molecule has 3 fully saturated rings. The van der Waals surface area contributed by atoms with Gasteiger partial charge in [0.1, 0.15) is 11.9 Å². The highest BCUT2D eigenvalue weighted by atomic mass is 32.1. The maximum atomic E-state index is 15.6. The summed E-state index contributed by atoms with van der Waals surface area (Å²) >= 11 is 1.30. The number of carboxylic acids is 1. The number of likely N-dealkylation sites (tertiary alicyclic amines) is 2. The number of fused-ring (bicyclic) bond motifs is 1. The lowest BCUT2D eigenvalue weighted by Crippen LogP contribution is -2.45. The van der Waals surface area contributed by atoms with E-state index in [9.17, 15) is 19.1 Å². The molecule has 6 rings (SSSR count). The number of aliphatic imine (C=N–C) groups is 1. The molecule has 5 atom stereocenters. The van der Waals surface area contributed by atoms with Crippen molar-refractivity contribution in [2.45, 2.75) is 50.2 Å². The van der Waals surface area contributed by atoms with Crippen LogP contribution in [0.15, 0.2) is 46.0 Å². The number of benzene rings is 1. The molecular weight excluding hydrogens is 571 g/mol. The number of carbonyl (C=O) groups excluding carboxylic acids is 1. The van der Waals surface area contributed by atoms with Gasteiger partial charge in [0, 0.05) is 36.4 Å². The number of aliphatic carboxylic acids is 1. The van der Waals surface area contributed by atoms with Crippen molar-refractivity contribution in [1.29, 1.82) is 0 Å². The van der Waals surface area contributed by atoms with Crippen molar-refractivity contribution in [1.82, 2.24) is 20.1 Å². The predicted molar refractivity (Wildman–Crippen MR) is 149 cm³/mol. The molecular formula is C29H32F3N5O4S. The summed E-state index contributed by atoms with van der Waals surface area (Å²) in [4.78, 5) is 36.9. The second-order valence-electron chi connectivity index (χ2n) is 11.4. The van der Waals surface area contributed by atoms with Crippen molar-refractivity contribution in [2.24, 2.45) is 16.8 Å². The van der Waals surface area contributed by atoms with Gasteiger partial charge in [-0.25, -0.2) is 22.9 Å². The Labute approximate surface area is 245 Å². The van der Waals surface area contributed by atoms with Crippen molar-refractivity contribution in [2.75, 3.05) is 33.3 Å². The zero-order valence-electron chi connectivity index (χ0n) is 23.2. The van der Waals surface area contributed by atoms with E-state index in [-0.39, 0.29) is 41.2 Å². The van der Waals surface area contributed by atoms with Gasteiger partial charge in [0.15, 0.2) is 10.8 Å². The Balaban J connectivity index is 1.27. The fourth-order valence-electron chi connectivity index (χ4n) is 6.78. The van der Waals surface area contributed by atoms with Crippen LogP contribution in [0.5, 0.6) is 0 Å². The number of aromatic nitrogens is 1. The normalized spacial score (nSPS) is 28.8. The van der Waals surface area contributed by atoms with E-state index in [0.29, 0.717) is 42.3 Å². The van der Waals surface area contributed by atoms with Gasteiger partial charge in [0.2, 0.25) is 0 Å². The van der Waals surface area contributed by atoms with E-state index in [4.69, 9.17) is 4.74 Å². The summed E-state index contributed by atoms with van der Waals surface area (Å²) in [5.74, 6) is -4.66. The Morgan fingerprint density at radius 3 is 2.81 bits per heavy atom. The molecule has 224 valence electrons. The molecule has 4 aliphatic rings. The van der Waals surface area contributed by atoms with Crippen LogP contribution < -0.4 is 5.32 Å². The van der Waals surface area contributed by atoms with Crippen molar-refractivity contribution in [3.63, 3.8) is 0 Å². The summed E-state index contributed by atoms with van der Waals surface area (Å²) in [7, 11) is 1.36. The Hall–Kier alpha value is -3.29. The van der Waals surface area contributed by atoms with E-state index >= 15 is 8.78 Å². The number of alkyl halides is 2. The number of amidine groups is 1. The van der Waals surface area contributed by atoms with Crippen LogP contribution >= 0.6 is 11.3 Å². The molecule has 0 radical (unpaired) electrons. The van der Waals surface area contributed by atoms with Gasteiger partial charge in [-0.05, 0) is 55.8 Å². The summed E-state index contributed by atoms with van der Waals surface area (Å²) < 4.78 is 50.5. The smallest absolute Gasteiger partial charge is 0.335 e. The number of carbonyl (C=O) groups is 2. The highest BCUT2D eigenvalue weighted by Crippen LogP contribution is 2.45. The molecule has 42 heavy (non-hydrogen) atoms. The standard InChI is InChI=1S/C29H32F3N5O4S/c1-15-17(4-3-5-19(15)30)23-22(27(38)39)20(34-25(35-23)26-33-8-11-42-26)13-37-14-29(31,32)24-21(37)7-10-36(24)9-6-16-12-18(16)28(40)41-2/h3-5,8,11,16,18,21,23-24H,6-7,9-10,12-14H2,1-2H3,(H,34,35)(H,38,39)/t16-,18-,21+,23+,24-/m1/s1. The lowest BCUT2D eigenvalue weighted by atomic mass is 9.92. The number of esters is 1. The van der Waals surface area contributed by atoms with Crippen LogP contribution in [0.2, 0.25) is 0 Å². The van der Waals surface area contributed by atoms with E-state index in [1.54, 1.807) is 29.5 Å². The topological polar surface area (TPSA) is 107 Å². The molecule has 2 N–H and O–H groups in total. The fourth-order valence-corrected chi connectivity index (χ4v) is 7.37. The minimum Gasteiger partial charge on any atom is -0.478 e. The first-order chi connectivity index (χ1) is 20.1. The highest BCUT2D eigenvalue weighted by molar-refractivity contribution is 7.11. The Bertz CT molecular complexity index is 1450. The highest BCUT2D eigenvalue weighted by Gasteiger charge is 2.59. The van der Waals surface area contributed by atoms with Gasteiger partial charge in [0.05, 0.1) is 31.2 Å². The van der Waals surface area contributed by atoms with Crippen LogP contribution in [0.25, 0.3) is 0 Å². The number of rotatable bonds is 9. The first-order valence-electron chi connectivity index (χ1n) is 14.0. The van der Waals surface area contributed by atoms with Gasteiger partial charge >= 0.3 is 11.9 Å². The molecule has 9 nitrogen and oxygen atoms in total. The molecule has 0 unspecified atom stereocenters. The molecule has 13 heteroatoms. The molecule has 0 amide bonds. The van der Waals surface area contributed by atoms with Crippen LogP contribution in [0, 0.1) is 24.6 Å². The quantitative estimate of drug-likeness (QED) is 0.419. The zero-order valence-corrected chi connectivity index (χ0v) is 24.0. The van der Waals surface area contributed by atoms with E-state index in [2.05, 4.69) is 15.3 Å². The monoisotopic (exact) mass is 603 g/mol. The van der Waals surface area contributed by atoms with Crippen LogP contribution in [-0.2, 0) is 14.3 Å². The lowest BCUT2D eigenvalue weighted by Gasteiger charge is -2.31. The van der Waals surface area contributed by atoms with Crippen LogP contribution in [0.3, 0.4) is 0 Å². The number of carboxylic acid groups (broad SMARTS) is 1. The number of hydrogen-bond acceptors (Lipinski definition) is 9. The van der Waals surface area contributed by atoms with Crippen molar-refractivity contribution >= 4 is 29.1 Å². The average Bonchev–Trinajstić information content (AvgIpc) is 3.27. The number of methoxy groups -OCH3 is 1. The number of nitrogens with zero attached hydrogens (tertiary/aromatic N) is 4. The number of nitrogens with one attached hydrogen (secondary N) is 1. The summed E-state index contributed by atoms with van der Waals surface area (Å²) in [5.41, 5.74) is 0.801. The Kier molecular flexibility index (Phi) is 7.60. The minimum atomic E-state index is -3.00. The summed E-state index contributed by atoms with van der Waals surface area (Å²) in [5, 5.41) is 15.7. The summed E-state index contributed by atoms with van der Waals surface area (Å²) in [6.07, 6.45) is 3.48. The first kappa shape index (κ1) is 28.8. The largest absolute Gasteiger partial charge is 0.478 e. The van der Waals surface area contributed by atoms with Crippen molar-refractivity contribution in [3.8, 4) is 0 Å². The van der Waals surface area contributed by atoms with Gasteiger partial charge in [-0.2, -0.15) is 0 Å². The fraction of sp³-hybridized carbons (Fsp3) is 0.517. The molecule has 1 aromatic heterocycles. The summed E-state index contributed by atoms with van der Waals surface area (Å²) in [6.45, 7) is 1.95. The first-order valence-corrected chi connectivity index (χ1v) is 14.9. The van der Waals surface area contributed by atoms with Gasteiger partial charge < -0.3 is 15.2 Å². The molecule has 0 bridgehead atoms. The van der Waals surface area contributed by atoms with Gasteiger partial charge in [-0.15, -0.1) is 11.3 Å².